The molecule has 0 atom stereocenters. The molecule has 3 heteroatoms. The van der Waals surface area contributed by atoms with Crippen LogP contribution in [0.3, 0.4) is 0 Å². The van der Waals surface area contributed by atoms with E-state index in [9.17, 15) is 0 Å². The van der Waals surface area contributed by atoms with Crippen LogP contribution >= 0.6 is 0 Å². The van der Waals surface area contributed by atoms with Gasteiger partial charge in [0.1, 0.15) is 5.82 Å². The van der Waals surface area contributed by atoms with Crippen LogP contribution in [0.5, 0.6) is 0 Å². The van der Waals surface area contributed by atoms with Crippen LogP contribution in [0.15, 0.2) is 18.3 Å². The Labute approximate surface area is 117 Å². The SMILES string of the molecule is CC(C)CNCc1ccnc(N2CCCCCC2)c1. The highest BCUT2D eigenvalue weighted by molar-refractivity contribution is 5.41. The molecule has 1 aromatic rings. The van der Waals surface area contributed by atoms with Crippen LogP contribution < -0.4 is 10.2 Å². The van der Waals surface area contributed by atoms with Crippen LogP contribution in [-0.2, 0) is 6.54 Å². The van der Waals surface area contributed by atoms with E-state index in [0.717, 1.165) is 32.0 Å². The molecule has 1 fully saturated rings. The van der Waals surface area contributed by atoms with Gasteiger partial charge in [-0.2, -0.15) is 0 Å². The number of hydrogen-bond acceptors (Lipinski definition) is 3. The van der Waals surface area contributed by atoms with E-state index in [-0.39, 0.29) is 0 Å². The minimum atomic E-state index is 0.701. The summed E-state index contributed by atoms with van der Waals surface area (Å²) in [7, 11) is 0. The minimum Gasteiger partial charge on any atom is -0.357 e. The molecule has 19 heavy (non-hydrogen) atoms. The third kappa shape index (κ3) is 4.83. The molecular formula is C16H27N3. The van der Waals surface area contributed by atoms with Crippen LogP contribution in [0, 0.1) is 5.92 Å². The summed E-state index contributed by atoms with van der Waals surface area (Å²) in [5, 5.41) is 3.50. The Morgan fingerprint density at radius 2 is 1.95 bits per heavy atom. The van der Waals surface area contributed by atoms with Crippen molar-refractivity contribution in [3.63, 3.8) is 0 Å². The molecule has 0 unspecified atom stereocenters. The molecule has 0 radical (unpaired) electrons. The molecule has 0 spiro atoms. The van der Waals surface area contributed by atoms with Gasteiger partial charge in [-0.25, -0.2) is 4.98 Å². The van der Waals surface area contributed by atoms with Crippen molar-refractivity contribution in [2.45, 2.75) is 46.1 Å². The van der Waals surface area contributed by atoms with E-state index in [0.29, 0.717) is 5.92 Å². The van der Waals surface area contributed by atoms with Gasteiger partial charge >= 0.3 is 0 Å². The molecule has 1 aliphatic rings. The van der Waals surface area contributed by atoms with Gasteiger partial charge in [0.05, 0.1) is 0 Å². The van der Waals surface area contributed by atoms with Crippen LogP contribution in [0.1, 0.15) is 45.1 Å². The Bertz CT molecular complexity index is 368. The van der Waals surface area contributed by atoms with Gasteiger partial charge in [-0.05, 0) is 43.0 Å². The van der Waals surface area contributed by atoms with E-state index in [1.807, 2.05) is 6.20 Å². The lowest BCUT2D eigenvalue weighted by atomic mass is 10.2. The van der Waals surface area contributed by atoms with Crippen molar-refractivity contribution in [2.24, 2.45) is 5.92 Å². The molecule has 106 valence electrons. The minimum absolute atomic E-state index is 0.701. The van der Waals surface area contributed by atoms with E-state index in [4.69, 9.17) is 0 Å². The quantitative estimate of drug-likeness (QED) is 0.882. The predicted molar refractivity (Wildman–Crippen MR) is 81.5 cm³/mol. The van der Waals surface area contributed by atoms with Gasteiger partial charge in [-0.1, -0.05) is 26.7 Å². The second kappa shape index (κ2) is 7.49. The van der Waals surface area contributed by atoms with Crippen molar-refractivity contribution >= 4 is 5.82 Å². The van der Waals surface area contributed by atoms with Gasteiger partial charge in [-0.3, -0.25) is 0 Å². The van der Waals surface area contributed by atoms with Crippen LogP contribution in [0.25, 0.3) is 0 Å². The average molecular weight is 261 g/mol. The van der Waals surface area contributed by atoms with Crippen molar-refractivity contribution in [2.75, 3.05) is 24.5 Å². The predicted octanol–water partition coefficient (Wildman–Crippen LogP) is 3.21. The summed E-state index contributed by atoms with van der Waals surface area (Å²) in [6.45, 7) is 8.82. The van der Waals surface area contributed by atoms with Crippen molar-refractivity contribution in [3.8, 4) is 0 Å². The Balaban J connectivity index is 1.93. The Morgan fingerprint density at radius 3 is 2.63 bits per heavy atom. The third-order valence-electron chi connectivity index (χ3n) is 3.62. The Hall–Kier alpha value is -1.09. The normalized spacial score (nSPS) is 16.7. The summed E-state index contributed by atoms with van der Waals surface area (Å²) >= 11 is 0. The number of pyridine rings is 1. The van der Waals surface area contributed by atoms with E-state index >= 15 is 0 Å². The standard InChI is InChI=1S/C16H27N3/c1-14(2)12-17-13-15-7-8-18-16(11-15)19-9-5-3-4-6-10-19/h7-8,11,14,17H,3-6,9-10,12-13H2,1-2H3. The number of hydrogen-bond donors (Lipinski definition) is 1. The largest absolute Gasteiger partial charge is 0.357 e. The molecule has 0 aliphatic carbocycles. The number of aromatic nitrogens is 1. The molecule has 0 aromatic carbocycles. The zero-order valence-electron chi connectivity index (χ0n) is 12.4. The Morgan fingerprint density at radius 1 is 1.21 bits per heavy atom. The van der Waals surface area contributed by atoms with Crippen LogP contribution in [0.2, 0.25) is 0 Å². The van der Waals surface area contributed by atoms with Crippen LogP contribution in [0.4, 0.5) is 5.82 Å². The summed E-state index contributed by atoms with van der Waals surface area (Å²) in [5.41, 5.74) is 1.34. The van der Waals surface area contributed by atoms with E-state index in [2.05, 4.69) is 41.2 Å². The van der Waals surface area contributed by atoms with E-state index < -0.39 is 0 Å². The lowest BCUT2D eigenvalue weighted by Gasteiger charge is -2.21. The molecule has 0 saturated carbocycles. The molecular weight excluding hydrogens is 234 g/mol. The molecule has 0 bridgehead atoms. The summed E-state index contributed by atoms with van der Waals surface area (Å²) in [6, 6.07) is 4.37. The first-order valence-corrected chi connectivity index (χ1v) is 7.66. The fourth-order valence-electron chi connectivity index (χ4n) is 2.55. The molecule has 3 nitrogen and oxygen atoms in total. The second-order valence-corrected chi connectivity index (χ2v) is 5.95. The van der Waals surface area contributed by atoms with Gasteiger partial charge in [0, 0.05) is 25.8 Å². The molecule has 1 aromatic heterocycles. The maximum absolute atomic E-state index is 4.55. The highest BCUT2D eigenvalue weighted by Crippen LogP contribution is 2.18. The summed E-state index contributed by atoms with van der Waals surface area (Å²) in [5.74, 6) is 1.86. The molecule has 0 amide bonds. The first-order valence-electron chi connectivity index (χ1n) is 7.66. The summed E-state index contributed by atoms with van der Waals surface area (Å²) < 4.78 is 0. The van der Waals surface area contributed by atoms with Crippen molar-refractivity contribution in [1.29, 1.82) is 0 Å². The number of nitrogens with one attached hydrogen (secondary N) is 1. The highest BCUT2D eigenvalue weighted by atomic mass is 15.2. The second-order valence-electron chi connectivity index (χ2n) is 5.95. The lowest BCUT2D eigenvalue weighted by molar-refractivity contribution is 0.552. The third-order valence-corrected chi connectivity index (χ3v) is 3.62. The zero-order chi connectivity index (χ0) is 13.5. The van der Waals surface area contributed by atoms with Gasteiger partial charge < -0.3 is 10.2 Å². The monoisotopic (exact) mass is 261 g/mol. The summed E-state index contributed by atoms with van der Waals surface area (Å²) in [4.78, 5) is 6.99. The smallest absolute Gasteiger partial charge is 0.128 e. The Kier molecular flexibility index (Phi) is 5.64. The van der Waals surface area contributed by atoms with Gasteiger partial charge in [0.2, 0.25) is 0 Å². The van der Waals surface area contributed by atoms with E-state index in [1.54, 1.807) is 0 Å². The zero-order valence-corrected chi connectivity index (χ0v) is 12.4. The molecule has 1 saturated heterocycles. The van der Waals surface area contributed by atoms with Crippen molar-refractivity contribution < 1.29 is 0 Å². The summed E-state index contributed by atoms with van der Waals surface area (Å²) in [6.07, 6.45) is 7.29. The number of anilines is 1. The molecule has 2 heterocycles. The van der Waals surface area contributed by atoms with Gasteiger partial charge in [-0.15, -0.1) is 0 Å². The van der Waals surface area contributed by atoms with Crippen LogP contribution in [-0.4, -0.2) is 24.6 Å². The van der Waals surface area contributed by atoms with Crippen molar-refractivity contribution in [3.05, 3.63) is 23.9 Å². The first-order chi connectivity index (χ1) is 9.25. The highest BCUT2D eigenvalue weighted by Gasteiger charge is 2.11. The number of rotatable bonds is 5. The first kappa shape index (κ1) is 14.3. The fraction of sp³-hybridized carbons (Fsp3) is 0.688. The topological polar surface area (TPSA) is 28.2 Å². The van der Waals surface area contributed by atoms with Gasteiger partial charge in [0.15, 0.2) is 0 Å². The maximum atomic E-state index is 4.55. The lowest BCUT2D eigenvalue weighted by Crippen LogP contribution is -2.25. The maximum Gasteiger partial charge on any atom is 0.128 e. The molecule has 1 N–H and O–H groups in total. The fourth-order valence-corrected chi connectivity index (χ4v) is 2.55. The van der Waals surface area contributed by atoms with Crippen molar-refractivity contribution in [1.82, 2.24) is 10.3 Å². The van der Waals surface area contributed by atoms with E-state index in [1.165, 1.54) is 31.2 Å². The molecule has 2 rings (SSSR count). The number of nitrogens with zero attached hydrogens (tertiary/aromatic N) is 2. The molecule has 1 aliphatic heterocycles. The van der Waals surface area contributed by atoms with Gasteiger partial charge in [0.25, 0.3) is 0 Å². The average Bonchev–Trinajstić information content (AvgIpc) is 2.67.